The van der Waals surface area contributed by atoms with Crippen molar-refractivity contribution in [2.24, 2.45) is 0 Å². The fraction of sp³-hybridized carbons (Fsp3) is 0.0769. The lowest BCUT2D eigenvalue weighted by molar-refractivity contribution is 0.363. The first-order valence-electron chi connectivity index (χ1n) is 5.28. The molecule has 18 heavy (non-hydrogen) atoms. The number of benzene rings is 2. The van der Waals surface area contributed by atoms with Crippen molar-refractivity contribution in [2.45, 2.75) is 6.92 Å². The average Bonchev–Trinajstić information content (AvgIpc) is 2.39. The molecule has 2 aromatic rings. The molecule has 0 aliphatic rings. The van der Waals surface area contributed by atoms with Gasteiger partial charge in [0.25, 0.3) is 0 Å². The molecule has 4 nitrogen and oxygen atoms in total. The third kappa shape index (κ3) is 6.80. The lowest BCUT2D eigenvalue weighted by Gasteiger charge is -2.06. The summed E-state index contributed by atoms with van der Waals surface area (Å²) >= 11 is -2.53. The molecule has 0 aromatic heterocycles. The molecule has 2 rings (SSSR count). The van der Waals surface area contributed by atoms with Crippen LogP contribution >= 0.6 is 0 Å². The molecular weight excluding hydrogens is 250 g/mol. The minimum absolute atomic E-state index is 0.594. The van der Waals surface area contributed by atoms with E-state index in [1.165, 1.54) is 5.56 Å². The van der Waals surface area contributed by atoms with Crippen LogP contribution in [0.4, 0.5) is 5.69 Å². The van der Waals surface area contributed by atoms with Gasteiger partial charge in [-0.2, -0.15) is 4.28 Å². The van der Waals surface area contributed by atoms with Gasteiger partial charge in [-0.1, -0.05) is 54.1 Å². The van der Waals surface area contributed by atoms with E-state index in [1.54, 1.807) is 24.3 Å². The highest BCUT2D eigenvalue weighted by Crippen LogP contribution is 2.04. The Morgan fingerprint density at radius 2 is 1.50 bits per heavy atom. The SMILES string of the molecule is Cc1ccccc1.O=S([O-])ONc1ccccc1. The van der Waals surface area contributed by atoms with Crippen LogP contribution in [0.15, 0.2) is 60.7 Å². The van der Waals surface area contributed by atoms with Crippen LogP contribution in [0.2, 0.25) is 0 Å². The van der Waals surface area contributed by atoms with Gasteiger partial charge in [0.1, 0.15) is 11.4 Å². The van der Waals surface area contributed by atoms with Crippen molar-refractivity contribution in [1.29, 1.82) is 0 Å². The first-order chi connectivity index (χ1) is 8.68. The third-order valence-corrected chi connectivity index (χ3v) is 2.16. The molecule has 0 aliphatic carbocycles. The Kier molecular flexibility index (Phi) is 6.71. The number of para-hydroxylation sites is 1. The van der Waals surface area contributed by atoms with E-state index in [2.05, 4.69) is 28.8 Å². The molecule has 0 saturated heterocycles. The van der Waals surface area contributed by atoms with Crippen LogP contribution < -0.4 is 5.48 Å². The Morgan fingerprint density at radius 3 is 1.89 bits per heavy atom. The van der Waals surface area contributed by atoms with Gasteiger partial charge in [-0.3, -0.25) is 5.48 Å². The first kappa shape index (κ1) is 14.4. The largest absolute Gasteiger partial charge is 0.748 e. The van der Waals surface area contributed by atoms with Gasteiger partial charge in [0.05, 0.1) is 5.69 Å². The molecule has 0 spiro atoms. The van der Waals surface area contributed by atoms with E-state index in [0.29, 0.717) is 5.69 Å². The van der Waals surface area contributed by atoms with E-state index in [0.717, 1.165) is 0 Å². The van der Waals surface area contributed by atoms with Gasteiger partial charge in [0.15, 0.2) is 0 Å². The monoisotopic (exact) mass is 264 g/mol. The Balaban J connectivity index is 0.000000199. The van der Waals surface area contributed by atoms with Crippen molar-refractivity contribution in [3.63, 3.8) is 0 Å². The van der Waals surface area contributed by atoms with Crippen molar-refractivity contribution >= 4 is 17.0 Å². The molecule has 0 radical (unpaired) electrons. The van der Waals surface area contributed by atoms with Crippen LogP contribution in [-0.4, -0.2) is 8.76 Å². The molecule has 1 unspecified atom stereocenters. The van der Waals surface area contributed by atoms with Crippen molar-refractivity contribution in [1.82, 2.24) is 0 Å². The minimum Gasteiger partial charge on any atom is -0.748 e. The topological polar surface area (TPSA) is 61.4 Å². The summed E-state index contributed by atoms with van der Waals surface area (Å²) in [5.74, 6) is 0. The molecule has 2 aromatic carbocycles. The summed E-state index contributed by atoms with van der Waals surface area (Å²) in [7, 11) is 0. The zero-order valence-electron chi connectivity index (χ0n) is 9.91. The molecule has 0 amide bonds. The molecule has 0 bridgehead atoms. The maximum atomic E-state index is 9.89. The quantitative estimate of drug-likeness (QED) is 0.684. The Bertz CT molecular complexity index is 462. The summed E-state index contributed by atoms with van der Waals surface area (Å²) in [5.41, 5.74) is 4.15. The predicted molar refractivity (Wildman–Crippen MR) is 71.2 cm³/mol. The van der Waals surface area contributed by atoms with Crippen LogP contribution in [0, 0.1) is 6.92 Å². The van der Waals surface area contributed by atoms with Gasteiger partial charge in [0.2, 0.25) is 0 Å². The van der Waals surface area contributed by atoms with E-state index < -0.39 is 11.4 Å². The summed E-state index contributed by atoms with van der Waals surface area (Å²) in [4.78, 5) is 0. The van der Waals surface area contributed by atoms with Crippen molar-refractivity contribution < 1.29 is 13.0 Å². The maximum Gasteiger partial charge on any atom is 0.112 e. The molecule has 0 fully saturated rings. The molecule has 0 heterocycles. The first-order valence-corrected chi connectivity index (χ1v) is 6.28. The van der Waals surface area contributed by atoms with Gasteiger partial charge in [-0.05, 0) is 19.1 Å². The maximum absolute atomic E-state index is 9.89. The van der Waals surface area contributed by atoms with Crippen molar-refractivity contribution in [3.05, 3.63) is 66.2 Å². The van der Waals surface area contributed by atoms with Crippen LogP contribution in [0.5, 0.6) is 0 Å². The third-order valence-electron chi connectivity index (χ3n) is 1.94. The van der Waals surface area contributed by atoms with Crippen LogP contribution in [-0.2, 0) is 15.6 Å². The average molecular weight is 264 g/mol. The number of hydrogen-bond acceptors (Lipinski definition) is 4. The standard InChI is InChI=1S/C7H8.C6H7NO3S/c1-7-5-3-2-4-6-7;8-11(9)10-7-6-4-2-1-3-5-6/h2-6H,1H3;1-5,7H,(H,8,9)/p-1. The van der Waals surface area contributed by atoms with Gasteiger partial charge < -0.3 is 4.55 Å². The Hall–Kier alpha value is -1.69. The van der Waals surface area contributed by atoms with E-state index >= 15 is 0 Å². The van der Waals surface area contributed by atoms with E-state index in [-0.39, 0.29) is 0 Å². The summed E-state index contributed by atoms with van der Waals surface area (Å²) in [6, 6.07) is 19.0. The summed E-state index contributed by atoms with van der Waals surface area (Å²) in [5, 5.41) is 0. The van der Waals surface area contributed by atoms with E-state index in [1.807, 2.05) is 24.3 Å². The van der Waals surface area contributed by atoms with Crippen molar-refractivity contribution in [2.75, 3.05) is 5.48 Å². The molecule has 96 valence electrons. The van der Waals surface area contributed by atoms with E-state index in [9.17, 15) is 8.76 Å². The molecule has 5 heteroatoms. The lowest BCUT2D eigenvalue weighted by atomic mass is 10.2. The van der Waals surface area contributed by atoms with Crippen molar-refractivity contribution in [3.8, 4) is 0 Å². The minimum atomic E-state index is -2.53. The molecule has 0 saturated carbocycles. The van der Waals surface area contributed by atoms with Crippen LogP contribution in [0.1, 0.15) is 5.56 Å². The lowest BCUT2D eigenvalue weighted by Crippen LogP contribution is -2.02. The summed E-state index contributed by atoms with van der Waals surface area (Å²) in [6.45, 7) is 2.08. The fourth-order valence-corrected chi connectivity index (χ4v) is 1.29. The Labute approximate surface area is 109 Å². The highest BCUT2D eigenvalue weighted by atomic mass is 32.2. The van der Waals surface area contributed by atoms with Gasteiger partial charge in [-0.15, -0.1) is 0 Å². The van der Waals surface area contributed by atoms with E-state index in [4.69, 9.17) is 0 Å². The van der Waals surface area contributed by atoms with Crippen LogP contribution in [0.3, 0.4) is 0 Å². The number of aryl methyl sites for hydroxylation is 1. The van der Waals surface area contributed by atoms with Crippen LogP contribution in [0.25, 0.3) is 0 Å². The number of rotatable bonds is 3. The fourth-order valence-electron chi connectivity index (χ4n) is 1.12. The normalized spacial score (nSPS) is 11.0. The van der Waals surface area contributed by atoms with Gasteiger partial charge >= 0.3 is 0 Å². The second-order valence-corrected chi connectivity index (χ2v) is 3.99. The van der Waals surface area contributed by atoms with Gasteiger partial charge in [-0.25, -0.2) is 4.21 Å². The second kappa shape index (κ2) is 8.41. The highest BCUT2D eigenvalue weighted by molar-refractivity contribution is 7.74. The molecular formula is C13H14NO3S-. The molecule has 1 atom stereocenters. The number of hydrogen-bond donors (Lipinski definition) is 1. The number of anilines is 1. The zero-order valence-corrected chi connectivity index (χ0v) is 10.7. The number of nitrogens with one attached hydrogen (secondary N) is 1. The Morgan fingerprint density at radius 1 is 1.00 bits per heavy atom. The molecule has 0 aliphatic heterocycles. The summed E-state index contributed by atoms with van der Waals surface area (Å²) in [6.07, 6.45) is 0. The van der Waals surface area contributed by atoms with Gasteiger partial charge in [0, 0.05) is 0 Å². The highest BCUT2D eigenvalue weighted by Gasteiger charge is 1.86. The second-order valence-electron chi connectivity index (χ2n) is 3.41. The smallest absolute Gasteiger partial charge is 0.112 e. The zero-order chi connectivity index (χ0) is 13.2. The molecule has 1 N–H and O–H groups in total. The summed E-state index contributed by atoms with van der Waals surface area (Å²) < 4.78 is 23.9. The predicted octanol–water partition coefficient (Wildman–Crippen LogP) is 2.82.